The van der Waals surface area contributed by atoms with Crippen molar-refractivity contribution in [3.8, 4) is 11.3 Å². The van der Waals surface area contributed by atoms with Gasteiger partial charge in [-0.1, -0.05) is 23.7 Å². The largest absolute Gasteiger partial charge is 0.399 e. The number of carbonyl (C=O) groups is 1. The summed E-state index contributed by atoms with van der Waals surface area (Å²) in [5.41, 5.74) is 8.66. The Morgan fingerprint density at radius 3 is 2.45 bits per heavy atom. The third-order valence-electron chi connectivity index (χ3n) is 3.04. The lowest BCUT2D eigenvalue weighted by atomic mass is 10.1. The standard InChI is InChI=1S/C16H12ClN3OS/c17-12-5-1-11(2-6-12)15(21)20-16-19-14(9-22-16)10-3-7-13(18)8-4-10/h1-9H,18H2,(H,19,20,21). The van der Waals surface area contributed by atoms with Gasteiger partial charge >= 0.3 is 0 Å². The molecule has 0 atom stereocenters. The lowest BCUT2D eigenvalue weighted by Gasteiger charge is -2.01. The molecule has 22 heavy (non-hydrogen) atoms. The van der Waals surface area contributed by atoms with Crippen LogP contribution >= 0.6 is 22.9 Å². The van der Waals surface area contributed by atoms with Crippen molar-refractivity contribution in [2.75, 3.05) is 11.1 Å². The van der Waals surface area contributed by atoms with Crippen LogP contribution in [0.25, 0.3) is 11.3 Å². The number of thiazole rings is 1. The molecule has 1 aromatic heterocycles. The van der Waals surface area contributed by atoms with Gasteiger partial charge in [-0.25, -0.2) is 4.98 Å². The van der Waals surface area contributed by atoms with E-state index in [9.17, 15) is 4.79 Å². The van der Waals surface area contributed by atoms with E-state index in [-0.39, 0.29) is 5.91 Å². The molecule has 0 aliphatic rings. The Balaban J connectivity index is 1.75. The molecular weight excluding hydrogens is 318 g/mol. The Hall–Kier alpha value is -2.37. The van der Waals surface area contributed by atoms with E-state index in [0.29, 0.717) is 21.4 Å². The first-order valence-electron chi connectivity index (χ1n) is 6.50. The second-order valence-electron chi connectivity index (χ2n) is 4.62. The van der Waals surface area contributed by atoms with Gasteiger partial charge in [-0.2, -0.15) is 0 Å². The average molecular weight is 330 g/mol. The number of nitrogens with zero attached hydrogens (tertiary/aromatic N) is 1. The third kappa shape index (κ3) is 3.27. The highest BCUT2D eigenvalue weighted by Gasteiger charge is 2.10. The second-order valence-corrected chi connectivity index (χ2v) is 5.92. The summed E-state index contributed by atoms with van der Waals surface area (Å²) in [6, 6.07) is 14.1. The van der Waals surface area contributed by atoms with Crippen molar-refractivity contribution in [1.82, 2.24) is 4.98 Å². The summed E-state index contributed by atoms with van der Waals surface area (Å²) in [5, 5.41) is 5.81. The van der Waals surface area contributed by atoms with Gasteiger partial charge in [-0.3, -0.25) is 10.1 Å². The molecule has 0 saturated heterocycles. The van der Waals surface area contributed by atoms with Gasteiger partial charge in [0, 0.05) is 27.2 Å². The molecule has 3 N–H and O–H groups in total. The molecule has 0 spiro atoms. The van der Waals surface area contributed by atoms with Crippen molar-refractivity contribution in [2.45, 2.75) is 0 Å². The lowest BCUT2D eigenvalue weighted by Crippen LogP contribution is -2.11. The number of hydrogen-bond donors (Lipinski definition) is 2. The van der Waals surface area contributed by atoms with Crippen LogP contribution in [0.5, 0.6) is 0 Å². The Bertz CT molecular complexity index is 797. The molecule has 0 saturated carbocycles. The molecule has 0 unspecified atom stereocenters. The summed E-state index contributed by atoms with van der Waals surface area (Å²) < 4.78 is 0. The molecule has 3 rings (SSSR count). The highest BCUT2D eigenvalue weighted by molar-refractivity contribution is 7.14. The Morgan fingerprint density at radius 2 is 1.77 bits per heavy atom. The molecule has 4 nitrogen and oxygen atoms in total. The predicted molar refractivity (Wildman–Crippen MR) is 91.4 cm³/mol. The van der Waals surface area contributed by atoms with Crippen LogP contribution in [-0.4, -0.2) is 10.9 Å². The molecule has 6 heteroatoms. The molecule has 0 fully saturated rings. The fourth-order valence-corrected chi connectivity index (χ4v) is 2.73. The van der Waals surface area contributed by atoms with Crippen LogP contribution in [0, 0.1) is 0 Å². The van der Waals surface area contributed by atoms with E-state index in [2.05, 4.69) is 10.3 Å². The van der Waals surface area contributed by atoms with E-state index in [1.54, 1.807) is 24.3 Å². The number of amides is 1. The van der Waals surface area contributed by atoms with Crippen LogP contribution in [0.2, 0.25) is 5.02 Å². The van der Waals surface area contributed by atoms with Crippen molar-refractivity contribution in [1.29, 1.82) is 0 Å². The van der Waals surface area contributed by atoms with Crippen LogP contribution in [0.15, 0.2) is 53.9 Å². The molecule has 110 valence electrons. The maximum Gasteiger partial charge on any atom is 0.257 e. The highest BCUT2D eigenvalue weighted by atomic mass is 35.5. The Morgan fingerprint density at radius 1 is 1.09 bits per heavy atom. The first kappa shape index (κ1) is 14.6. The number of carbonyl (C=O) groups excluding carboxylic acids is 1. The molecular formula is C16H12ClN3OS. The van der Waals surface area contributed by atoms with Crippen molar-refractivity contribution >= 4 is 39.7 Å². The summed E-state index contributed by atoms with van der Waals surface area (Å²) in [4.78, 5) is 16.5. The number of rotatable bonds is 3. The minimum absolute atomic E-state index is 0.213. The first-order valence-corrected chi connectivity index (χ1v) is 7.76. The lowest BCUT2D eigenvalue weighted by molar-refractivity contribution is 0.102. The van der Waals surface area contributed by atoms with Crippen LogP contribution in [0.4, 0.5) is 10.8 Å². The SMILES string of the molecule is Nc1ccc(-c2csc(NC(=O)c3ccc(Cl)cc3)n2)cc1. The molecule has 0 radical (unpaired) electrons. The Labute approximate surface area is 136 Å². The second kappa shape index (κ2) is 6.17. The summed E-state index contributed by atoms with van der Waals surface area (Å²) >= 11 is 7.18. The van der Waals surface area contributed by atoms with E-state index in [1.807, 2.05) is 29.6 Å². The summed E-state index contributed by atoms with van der Waals surface area (Å²) in [5.74, 6) is -0.213. The van der Waals surface area contributed by atoms with E-state index in [4.69, 9.17) is 17.3 Å². The number of nitrogens with two attached hydrogens (primary N) is 1. The molecule has 0 aliphatic heterocycles. The van der Waals surface area contributed by atoms with Gasteiger partial charge in [0.25, 0.3) is 5.91 Å². The number of anilines is 2. The summed E-state index contributed by atoms with van der Waals surface area (Å²) in [7, 11) is 0. The van der Waals surface area contributed by atoms with E-state index >= 15 is 0 Å². The highest BCUT2D eigenvalue weighted by Crippen LogP contribution is 2.25. The van der Waals surface area contributed by atoms with E-state index in [0.717, 1.165) is 11.3 Å². The molecule has 1 amide bonds. The van der Waals surface area contributed by atoms with Gasteiger partial charge in [0.15, 0.2) is 5.13 Å². The topological polar surface area (TPSA) is 68.0 Å². The number of nitrogen functional groups attached to an aromatic ring is 1. The van der Waals surface area contributed by atoms with Crippen molar-refractivity contribution < 1.29 is 4.79 Å². The monoisotopic (exact) mass is 329 g/mol. The van der Waals surface area contributed by atoms with Crippen molar-refractivity contribution in [3.63, 3.8) is 0 Å². The van der Waals surface area contributed by atoms with Gasteiger partial charge in [0.05, 0.1) is 5.69 Å². The fourth-order valence-electron chi connectivity index (χ4n) is 1.89. The number of nitrogens with one attached hydrogen (secondary N) is 1. The van der Waals surface area contributed by atoms with Gasteiger partial charge in [-0.05, 0) is 36.4 Å². The smallest absolute Gasteiger partial charge is 0.257 e. The molecule has 3 aromatic rings. The maximum atomic E-state index is 12.1. The minimum Gasteiger partial charge on any atom is -0.399 e. The zero-order chi connectivity index (χ0) is 15.5. The molecule has 0 bridgehead atoms. The molecule has 0 aliphatic carbocycles. The van der Waals surface area contributed by atoms with Gasteiger partial charge in [0.2, 0.25) is 0 Å². The van der Waals surface area contributed by atoms with Gasteiger partial charge < -0.3 is 5.73 Å². The zero-order valence-electron chi connectivity index (χ0n) is 11.4. The Kier molecular flexibility index (Phi) is 4.09. The fraction of sp³-hybridized carbons (Fsp3) is 0. The molecule has 2 aromatic carbocycles. The average Bonchev–Trinajstić information content (AvgIpc) is 2.97. The van der Waals surface area contributed by atoms with Crippen LogP contribution in [0.1, 0.15) is 10.4 Å². The third-order valence-corrected chi connectivity index (χ3v) is 4.05. The quantitative estimate of drug-likeness (QED) is 0.704. The first-order chi connectivity index (χ1) is 10.6. The normalized spacial score (nSPS) is 10.4. The van der Waals surface area contributed by atoms with Gasteiger partial charge in [0.1, 0.15) is 0 Å². The number of hydrogen-bond acceptors (Lipinski definition) is 4. The van der Waals surface area contributed by atoms with Crippen LogP contribution < -0.4 is 11.1 Å². The zero-order valence-corrected chi connectivity index (χ0v) is 13.0. The minimum atomic E-state index is -0.213. The number of benzene rings is 2. The van der Waals surface area contributed by atoms with Gasteiger partial charge in [-0.15, -0.1) is 11.3 Å². The summed E-state index contributed by atoms with van der Waals surface area (Å²) in [6.45, 7) is 0. The van der Waals surface area contributed by atoms with Crippen molar-refractivity contribution in [2.24, 2.45) is 0 Å². The summed E-state index contributed by atoms with van der Waals surface area (Å²) in [6.07, 6.45) is 0. The predicted octanol–water partition coefficient (Wildman–Crippen LogP) is 4.30. The molecule has 1 heterocycles. The van der Waals surface area contributed by atoms with E-state index in [1.165, 1.54) is 11.3 Å². The number of aromatic nitrogens is 1. The van der Waals surface area contributed by atoms with E-state index < -0.39 is 0 Å². The van der Waals surface area contributed by atoms with Crippen LogP contribution in [-0.2, 0) is 0 Å². The van der Waals surface area contributed by atoms with Crippen LogP contribution in [0.3, 0.4) is 0 Å². The van der Waals surface area contributed by atoms with Crippen molar-refractivity contribution in [3.05, 3.63) is 64.5 Å². The number of halogens is 1. The maximum absolute atomic E-state index is 12.1.